The first kappa shape index (κ1) is 17.8. The fourth-order valence-corrected chi connectivity index (χ4v) is 2.02. The molecule has 0 saturated carbocycles. The quantitative estimate of drug-likeness (QED) is 0.525. The Morgan fingerprint density at radius 3 is 2.57 bits per heavy atom. The van der Waals surface area contributed by atoms with Gasteiger partial charge in [-0.1, -0.05) is 38.3 Å². The first-order chi connectivity index (χ1) is 10.1. The van der Waals surface area contributed by atoms with E-state index in [1.807, 2.05) is 24.3 Å². The molecule has 4 heteroatoms. The lowest BCUT2D eigenvalue weighted by Gasteiger charge is -2.08. The van der Waals surface area contributed by atoms with Crippen molar-refractivity contribution >= 4 is 17.5 Å². The van der Waals surface area contributed by atoms with E-state index < -0.39 is 5.38 Å². The topological polar surface area (TPSA) is 38.3 Å². The molecular formula is C17H26ClNO2. The zero-order chi connectivity index (χ0) is 15.5. The molecule has 1 atom stereocenters. The third-order valence-electron chi connectivity index (χ3n) is 3.26. The van der Waals surface area contributed by atoms with E-state index in [1.54, 1.807) is 6.92 Å². The number of halogens is 1. The largest absolute Gasteiger partial charge is 0.494 e. The van der Waals surface area contributed by atoms with Gasteiger partial charge in [-0.2, -0.15) is 0 Å². The maximum absolute atomic E-state index is 11.3. The van der Waals surface area contributed by atoms with Gasteiger partial charge in [0.2, 0.25) is 5.91 Å². The Labute approximate surface area is 133 Å². The maximum Gasteiger partial charge on any atom is 0.237 e. The number of alkyl halides is 1. The van der Waals surface area contributed by atoms with E-state index in [4.69, 9.17) is 16.3 Å². The predicted octanol–water partition coefficient (Wildman–Crippen LogP) is 3.93. The van der Waals surface area contributed by atoms with E-state index in [2.05, 4.69) is 12.2 Å². The second-order valence-corrected chi connectivity index (χ2v) is 5.86. The molecule has 1 rings (SSSR count). The number of ether oxygens (including phenoxy) is 1. The Balaban J connectivity index is 2.22. The Kier molecular flexibility index (Phi) is 8.91. The second-order valence-electron chi connectivity index (χ2n) is 5.21. The van der Waals surface area contributed by atoms with Crippen molar-refractivity contribution in [3.8, 4) is 5.75 Å². The number of benzene rings is 1. The average Bonchev–Trinajstić information content (AvgIpc) is 2.48. The van der Waals surface area contributed by atoms with Crippen molar-refractivity contribution in [3.05, 3.63) is 29.8 Å². The lowest BCUT2D eigenvalue weighted by atomic mass is 10.1. The molecule has 21 heavy (non-hydrogen) atoms. The molecule has 3 nitrogen and oxygen atoms in total. The summed E-state index contributed by atoms with van der Waals surface area (Å²) < 4.78 is 5.69. The van der Waals surface area contributed by atoms with Crippen LogP contribution in [0, 0.1) is 0 Å². The van der Waals surface area contributed by atoms with E-state index in [1.165, 1.54) is 24.8 Å². The predicted molar refractivity (Wildman–Crippen MR) is 88.1 cm³/mol. The summed E-state index contributed by atoms with van der Waals surface area (Å²) in [4.78, 5) is 11.3. The summed E-state index contributed by atoms with van der Waals surface area (Å²) >= 11 is 5.68. The van der Waals surface area contributed by atoms with Crippen LogP contribution in [0.4, 0.5) is 0 Å². The molecule has 1 unspecified atom stereocenters. The number of unbranched alkanes of at least 4 members (excludes halogenated alkanes) is 3. The fourth-order valence-electron chi connectivity index (χ4n) is 1.94. The monoisotopic (exact) mass is 311 g/mol. The van der Waals surface area contributed by atoms with Crippen LogP contribution in [0.3, 0.4) is 0 Å². The molecule has 0 aromatic heterocycles. The number of rotatable bonds is 10. The fraction of sp³-hybridized carbons (Fsp3) is 0.588. The molecule has 0 aliphatic rings. The van der Waals surface area contributed by atoms with E-state index in [0.29, 0.717) is 6.54 Å². The van der Waals surface area contributed by atoms with Crippen molar-refractivity contribution in [2.75, 3.05) is 13.2 Å². The molecule has 0 fully saturated rings. The van der Waals surface area contributed by atoms with Gasteiger partial charge >= 0.3 is 0 Å². The summed E-state index contributed by atoms with van der Waals surface area (Å²) in [6, 6.07) is 8.05. The third-order valence-corrected chi connectivity index (χ3v) is 3.46. The molecule has 1 aromatic carbocycles. The third kappa shape index (κ3) is 7.96. The van der Waals surface area contributed by atoms with Gasteiger partial charge in [0, 0.05) is 6.54 Å². The van der Waals surface area contributed by atoms with Crippen LogP contribution in [0.2, 0.25) is 0 Å². The summed E-state index contributed by atoms with van der Waals surface area (Å²) in [5.41, 5.74) is 1.18. The Morgan fingerprint density at radius 1 is 1.24 bits per heavy atom. The molecule has 0 heterocycles. The number of hydrogen-bond acceptors (Lipinski definition) is 2. The maximum atomic E-state index is 11.3. The number of carbonyl (C=O) groups is 1. The van der Waals surface area contributed by atoms with Crippen LogP contribution in [0.25, 0.3) is 0 Å². The summed E-state index contributed by atoms with van der Waals surface area (Å²) in [5.74, 6) is 0.789. The number of nitrogens with one attached hydrogen (secondary N) is 1. The van der Waals surface area contributed by atoms with Crippen LogP contribution in [-0.4, -0.2) is 24.4 Å². The highest BCUT2D eigenvalue weighted by Gasteiger charge is 2.07. The van der Waals surface area contributed by atoms with Crippen LogP contribution in [0.15, 0.2) is 24.3 Å². The number of hydrogen-bond donors (Lipinski definition) is 1. The minimum Gasteiger partial charge on any atom is -0.494 e. The van der Waals surface area contributed by atoms with Crippen LogP contribution in [-0.2, 0) is 11.2 Å². The molecule has 1 amide bonds. The van der Waals surface area contributed by atoms with Crippen molar-refractivity contribution in [3.63, 3.8) is 0 Å². The highest BCUT2D eigenvalue weighted by Crippen LogP contribution is 2.13. The zero-order valence-corrected chi connectivity index (χ0v) is 13.8. The molecule has 1 N–H and O–H groups in total. The molecule has 118 valence electrons. The van der Waals surface area contributed by atoms with Crippen LogP contribution in [0.5, 0.6) is 5.75 Å². The Morgan fingerprint density at radius 2 is 1.95 bits per heavy atom. The Bertz CT molecular complexity index is 404. The lowest BCUT2D eigenvalue weighted by molar-refractivity contribution is -0.120. The van der Waals surface area contributed by atoms with Gasteiger partial charge in [-0.25, -0.2) is 0 Å². The van der Waals surface area contributed by atoms with E-state index in [-0.39, 0.29) is 5.91 Å². The first-order valence-corrected chi connectivity index (χ1v) is 8.20. The minimum absolute atomic E-state index is 0.122. The summed E-state index contributed by atoms with van der Waals surface area (Å²) in [5, 5.41) is 2.32. The summed E-state index contributed by atoms with van der Waals surface area (Å²) in [6.45, 7) is 5.26. The van der Waals surface area contributed by atoms with E-state index in [0.717, 1.165) is 25.2 Å². The van der Waals surface area contributed by atoms with E-state index >= 15 is 0 Å². The van der Waals surface area contributed by atoms with Gasteiger partial charge in [-0.15, -0.1) is 11.6 Å². The molecule has 0 bridgehead atoms. The Hall–Kier alpha value is -1.22. The zero-order valence-electron chi connectivity index (χ0n) is 13.0. The van der Waals surface area contributed by atoms with Crippen molar-refractivity contribution in [2.24, 2.45) is 0 Å². The molecular weight excluding hydrogens is 286 g/mol. The molecule has 1 aromatic rings. The average molecular weight is 312 g/mol. The molecule has 0 saturated heterocycles. The lowest BCUT2D eigenvalue weighted by Crippen LogP contribution is -2.31. The normalized spacial score (nSPS) is 12.0. The van der Waals surface area contributed by atoms with Crippen molar-refractivity contribution in [1.29, 1.82) is 0 Å². The van der Waals surface area contributed by atoms with Crippen LogP contribution in [0.1, 0.15) is 45.1 Å². The molecule has 0 spiro atoms. The van der Waals surface area contributed by atoms with Gasteiger partial charge in [-0.05, 0) is 37.5 Å². The molecule has 0 aliphatic heterocycles. The number of carbonyl (C=O) groups excluding carboxylic acids is 1. The first-order valence-electron chi connectivity index (χ1n) is 7.77. The van der Waals surface area contributed by atoms with Gasteiger partial charge in [-0.3, -0.25) is 4.79 Å². The standard InChI is InChI=1S/C17H26ClNO2/c1-3-4-5-6-13-21-16-9-7-15(8-10-16)11-12-19-17(20)14(2)18/h7-10,14H,3-6,11-13H2,1-2H3,(H,19,20). The van der Waals surface area contributed by atoms with Gasteiger partial charge < -0.3 is 10.1 Å². The minimum atomic E-state index is -0.478. The van der Waals surface area contributed by atoms with Gasteiger partial charge in [0.05, 0.1) is 6.61 Å². The smallest absolute Gasteiger partial charge is 0.237 e. The molecule has 0 aliphatic carbocycles. The molecule has 0 radical (unpaired) electrons. The summed E-state index contributed by atoms with van der Waals surface area (Å²) in [7, 11) is 0. The number of amides is 1. The summed E-state index contributed by atoms with van der Waals surface area (Å²) in [6.07, 6.45) is 5.65. The van der Waals surface area contributed by atoms with Crippen molar-refractivity contribution < 1.29 is 9.53 Å². The van der Waals surface area contributed by atoms with Crippen LogP contribution < -0.4 is 10.1 Å². The SMILES string of the molecule is CCCCCCOc1ccc(CCNC(=O)C(C)Cl)cc1. The van der Waals surface area contributed by atoms with E-state index in [9.17, 15) is 4.79 Å². The van der Waals surface area contributed by atoms with Crippen LogP contribution >= 0.6 is 11.6 Å². The highest BCUT2D eigenvalue weighted by atomic mass is 35.5. The van der Waals surface area contributed by atoms with Gasteiger partial charge in [0.25, 0.3) is 0 Å². The van der Waals surface area contributed by atoms with Crippen molar-refractivity contribution in [1.82, 2.24) is 5.32 Å². The van der Waals surface area contributed by atoms with Gasteiger partial charge in [0.15, 0.2) is 0 Å². The highest BCUT2D eigenvalue weighted by molar-refractivity contribution is 6.30. The second kappa shape index (κ2) is 10.5. The van der Waals surface area contributed by atoms with Gasteiger partial charge in [0.1, 0.15) is 11.1 Å². The van der Waals surface area contributed by atoms with Crippen molar-refractivity contribution in [2.45, 2.75) is 51.3 Å².